The smallest absolute Gasteiger partial charge is 0.419 e. The van der Waals surface area contributed by atoms with Gasteiger partial charge in [0.25, 0.3) is 0 Å². The van der Waals surface area contributed by atoms with Gasteiger partial charge >= 0.3 is 6.18 Å². The minimum absolute atomic E-state index is 0.0366. The van der Waals surface area contributed by atoms with E-state index in [9.17, 15) is 18.0 Å². The number of hydrogen-bond acceptors (Lipinski definition) is 2. The molecule has 2 aromatic carbocycles. The van der Waals surface area contributed by atoms with Crippen LogP contribution in [-0.2, 0) is 24.0 Å². The van der Waals surface area contributed by atoms with Gasteiger partial charge < -0.3 is 10.1 Å². The lowest BCUT2D eigenvalue weighted by molar-refractivity contribution is -0.139. The van der Waals surface area contributed by atoms with E-state index in [1.807, 2.05) is 19.1 Å². The number of alkyl halides is 3. The maximum absolute atomic E-state index is 13.2. The van der Waals surface area contributed by atoms with E-state index >= 15 is 0 Å². The molecule has 6 heteroatoms. The van der Waals surface area contributed by atoms with Gasteiger partial charge in [-0.3, -0.25) is 4.79 Å². The van der Waals surface area contributed by atoms with Crippen LogP contribution in [0.4, 0.5) is 13.2 Å². The van der Waals surface area contributed by atoms with Gasteiger partial charge in [-0.1, -0.05) is 29.8 Å². The van der Waals surface area contributed by atoms with Crippen molar-refractivity contribution in [2.75, 3.05) is 7.05 Å². The van der Waals surface area contributed by atoms with Crippen molar-refractivity contribution in [2.24, 2.45) is 0 Å². The van der Waals surface area contributed by atoms with E-state index in [1.54, 1.807) is 19.1 Å². The maximum atomic E-state index is 13.2. The summed E-state index contributed by atoms with van der Waals surface area (Å²) in [4.78, 5) is 11.6. The highest BCUT2D eigenvalue weighted by molar-refractivity contribution is 5.78. The molecule has 0 saturated heterocycles. The fraction of sp³-hybridized carbons (Fsp3) is 0.316. The summed E-state index contributed by atoms with van der Waals surface area (Å²) in [5, 5.41) is 2.54. The summed E-state index contributed by atoms with van der Waals surface area (Å²) < 4.78 is 45.1. The molecule has 1 amide bonds. The number of carbonyl (C=O) groups excluding carboxylic acids is 1. The third kappa shape index (κ3) is 4.75. The maximum Gasteiger partial charge on any atom is 0.419 e. The number of hydrogen-bond donors (Lipinski definition) is 1. The van der Waals surface area contributed by atoms with Crippen molar-refractivity contribution in [3.63, 3.8) is 0 Å². The average molecular weight is 351 g/mol. The van der Waals surface area contributed by atoms with Gasteiger partial charge in [-0.25, -0.2) is 0 Å². The molecule has 2 aromatic rings. The Kier molecular flexibility index (Phi) is 5.72. The second kappa shape index (κ2) is 7.59. The predicted molar refractivity (Wildman–Crippen MR) is 89.5 cm³/mol. The van der Waals surface area contributed by atoms with E-state index in [4.69, 9.17) is 4.74 Å². The van der Waals surface area contributed by atoms with Crippen molar-refractivity contribution in [3.05, 3.63) is 64.2 Å². The minimum Gasteiger partial charge on any atom is -0.488 e. The van der Waals surface area contributed by atoms with E-state index in [1.165, 1.54) is 13.1 Å². The summed E-state index contributed by atoms with van der Waals surface area (Å²) in [6.07, 6.45) is -4.34. The molecule has 0 bridgehead atoms. The zero-order valence-electron chi connectivity index (χ0n) is 14.3. The molecule has 0 aliphatic rings. The Morgan fingerprint density at radius 1 is 1.16 bits per heavy atom. The quantitative estimate of drug-likeness (QED) is 0.877. The van der Waals surface area contributed by atoms with Gasteiger partial charge in [0.2, 0.25) is 5.91 Å². The molecule has 2 rings (SSSR count). The molecule has 0 radical (unpaired) electrons. The van der Waals surface area contributed by atoms with Crippen molar-refractivity contribution >= 4 is 5.91 Å². The molecule has 1 N–H and O–H groups in total. The van der Waals surface area contributed by atoms with E-state index in [0.717, 1.165) is 22.8 Å². The molecule has 0 heterocycles. The second-order valence-electron chi connectivity index (χ2n) is 5.85. The van der Waals surface area contributed by atoms with Crippen LogP contribution in [0.2, 0.25) is 0 Å². The van der Waals surface area contributed by atoms with Crippen molar-refractivity contribution in [1.29, 1.82) is 0 Å². The Balaban J connectivity index is 2.29. The van der Waals surface area contributed by atoms with Crippen LogP contribution in [-0.4, -0.2) is 13.0 Å². The fourth-order valence-electron chi connectivity index (χ4n) is 2.54. The van der Waals surface area contributed by atoms with Crippen LogP contribution in [0.5, 0.6) is 5.75 Å². The Hall–Kier alpha value is -2.50. The standard InChI is InChI=1S/C19H20F3NO2/c1-12-7-8-17(16(9-12)19(20,21)22)25-11-15-13(2)5-4-6-14(15)10-18(24)23-3/h4-9H,10-11H2,1-3H3,(H,23,24). The highest BCUT2D eigenvalue weighted by Crippen LogP contribution is 2.37. The number of carbonyl (C=O) groups is 1. The lowest BCUT2D eigenvalue weighted by atomic mass is 10.00. The minimum atomic E-state index is -4.49. The van der Waals surface area contributed by atoms with Crippen LogP contribution in [0.3, 0.4) is 0 Å². The van der Waals surface area contributed by atoms with Gasteiger partial charge in [0, 0.05) is 7.05 Å². The first-order chi connectivity index (χ1) is 11.7. The van der Waals surface area contributed by atoms with E-state index < -0.39 is 11.7 Å². The summed E-state index contributed by atoms with van der Waals surface area (Å²) in [6, 6.07) is 9.40. The number of halogens is 3. The number of amides is 1. The largest absolute Gasteiger partial charge is 0.488 e. The average Bonchev–Trinajstić information content (AvgIpc) is 2.54. The predicted octanol–water partition coefficient (Wildman–Crippen LogP) is 4.19. The van der Waals surface area contributed by atoms with Gasteiger partial charge in [-0.15, -0.1) is 0 Å². The molecule has 0 unspecified atom stereocenters. The number of aryl methyl sites for hydroxylation is 2. The topological polar surface area (TPSA) is 38.3 Å². The summed E-state index contributed by atoms with van der Waals surface area (Å²) >= 11 is 0. The molecule has 0 fully saturated rings. The van der Waals surface area contributed by atoms with Crippen molar-refractivity contribution in [1.82, 2.24) is 5.32 Å². The van der Waals surface area contributed by atoms with Crippen LogP contribution in [0.15, 0.2) is 36.4 Å². The van der Waals surface area contributed by atoms with Gasteiger partial charge in [-0.05, 0) is 42.7 Å². The summed E-state index contributed by atoms with van der Waals surface area (Å²) in [6.45, 7) is 3.40. The lowest BCUT2D eigenvalue weighted by Crippen LogP contribution is -2.21. The van der Waals surface area contributed by atoms with Crippen LogP contribution in [0.1, 0.15) is 27.8 Å². The van der Waals surface area contributed by atoms with Gasteiger partial charge in [0.05, 0.1) is 12.0 Å². The monoisotopic (exact) mass is 351 g/mol. The zero-order valence-corrected chi connectivity index (χ0v) is 14.3. The molecule has 0 spiro atoms. The SMILES string of the molecule is CNC(=O)Cc1cccc(C)c1COc1ccc(C)cc1C(F)(F)F. The Morgan fingerprint density at radius 3 is 2.52 bits per heavy atom. The molecule has 134 valence electrons. The first-order valence-electron chi connectivity index (χ1n) is 7.81. The molecular formula is C19H20F3NO2. The summed E-state index contributed by atoms with van der Waals surface area (Å²) in [5.41, 5.74) is 2.03. The van der Waals surface area contributed by atoms with Crippen molar-refractivity contribution < 1.29 is 22.7 Å². The molecule has 0 aliphatic carbocycles. The summed E-state index contributed by atoms with van der Waals surface area (Å²) in [7, 11) is 1.54. The van der Waals surface area contributed by atoms with Crippen LogP contribution in [0, 0.1) is 13.8 Å². The van der Waals surface area contributed by atoms with Crippen molar-refractivity contribution in [2.45, 2.75) is 33.1 Å². The van der Waals surface area contributed by atoms with Gasteiger partial charge in [0.1, 0.15) is 12.4 Å². The second-order valence-corrected chi connectivity index (χ2v) is 5.85. The molecule has 0 atom stereocenters. The number of benzene rings is 2. The molecule has 0 aromatic heterocycles. The number of rotatable bonds is 5. The first kappa shape index (κ1) is 18.8. The van der Waals surface area contributed by atoms with Crippen LogP contribution in [0.25, 0.3) is 0 Å². The first-order valence-corrected chi connectivity index (χ1v) is 7.81. The lowest BCUT2D eigenvalue weighted by Gasteiger charge is -2.17. The van der Waals surface area contributed by atoms with Gasteiger partial charge in [-0.2, -0.15) is 13.2 Å². The number of nitrogens with one attached hydrogen (secondary N) is 1. The molecule has 0 saturated carbocycles. The van der Waals surface area contributed by atoms with E-state index in [-0.39, 0.29) is 24.7 Å². The summed E-state index contributed by atoms with van der Waals surface area (Å²) in [5.74, 6) is -0.384. The highest BCUT2D eigenvalue weighted by atomic mass is 19.4. The van der Waals surface area contributed by atoms with Gasteiger partial charge in [0.15, 0.2) is 0 Å². The van der Waals surface area contributed by atoms with E-state index in [2.05, 4.69) is 5.32 Å². The van der Waals surface area contributed by atoms with Crippen LogP contribution < -0.4 is 10.1 Å². The number of likely N-dealkylation sites (N-methyl/N-ethyl adjacent to an activating group) is 1. The van der Waals surface area contributed by atoms with Crippen LogP contribution >= 0.6 is 0 Å². The third-order valence-electron chi connectivity index (χ3n) is 3.95. The molecular weight excluding hydrogens is 331 g/mol. The van der Waals surface area contributed by atoms with E-state index in [0.29, 0.717) is 5.56 Å². The Labute approximate surface area is 144 Å². The third-order valence-corrected chi connectivity index (χ3v) is 3.95. The fourth-order valence-corrected chi connectivity index (χ4v) is 2.54. The highest BCUT2D eigenvalue weighted by Gasteiger charge is 2.34. The Morgan fingerprint density at radius 2 is 1.88 bits per heavy atom. The molecule has 25 heavy (non-hydrogen) atoms. The van der Waals surface area contributed by atoms with Crippen molar-refractivity contribution in [3.8, 4) is 5.75 Å². The zero-order chi connectivity index (χ0) is 18.6. The molecule has 3 nitrogen and oxygen atoms in total. The number of ether oxygens (including phenoxy) is 1. The molecule has 0 aliphatic heterocycles. The Bertz CT molecular complexity index is 770. The normalized spacial score (nSPS) is 11.3.